The van der Waals surface area contributed by atoms with Gasteiger partial charge in [0, 0.05) is 32.0 Å². The number of rotatable bonds is 4. The van der Waals surface area contributed by atoms with Crippen LogP contribution in [0.4, 0.5) is 0 Å². The average molecular weight is 329 g/mol. The second-order valence-corrected chi connectivity index (χ2v) is 4.69. The molecule has 114 valence electrons. The molecule has 0 radical (unpaired) electrons. The number of hydrogen-bond acceptors (Lipinski definition) is 3. The number of fused-ring (bicyclic) bond motifs is 1. The second kappa shape index (κ2) is 8.02. The Hall–Kier alpha value is -1.56. The molecule has 7 heteroatoms. The van der Waals surface area contributed by atoms with E-state index >= 15 is 0 Å². The Balaban J connectivity index is 0.00000110. The highest BCUT2D eigenvalue weighted by molar-refractivity contribution is 5.85. The molecule has 3 rings (SSSR count). The third-order valence-electron chi connectivity index (χ3n) is 3.26. The van der Waals surface area contributed by atoms with Crippen LogP contribution in [-0.2, 0) is 31.0 Å². The van der Waals surface area contributed by atoms with Crippen LogP contribution < -0.4 is 10.6 Å². The summed E-state index contributed by atoms with van der Waals surface area (Å²) < 4.78 is 1.61. The Kier molecular flexibility index (Phi) is 6.68. The number of hydrogen-bond donors (Lipinski definition) is 2. The van der Waals surface area contributed by atoms with Gasteiger partial charge in [-0.15, -0.1) is 24.8 Å². The van der Waals surface area contributed by atoms with Crippen LogP contribution in [0.15, 0.2) is 36.7 Å². The molecule has 1 aromatic carbocycles. The minimum absolute atomic E-state index is 0. The van der Waals surface area contributed by atoms with Crippen molar-refractivity contribution in [2.75, 3.05) is 0 Å². The van der Waals surface area contributed by atoms with Gasteiger partial charge in [-0.1, -0.05) is 18.2 Å². The number of nitrogens with one attached hydrogen (secondary N) is 2. The SMILES string of the molecule is Cl.Cl.O=C(Cn1cccn1)NCc1ccc2c(c1)CNC2. The van der Waals surface area contributed by atoms with Crippen molar-refractivity contribution in [2.24, 2.45) is 0 Å². The zero-order valence-corrected chi connectivity index (χ0v) is 13.0. The highest BCUT2D eigenvalue weighted by atomic mass is 35.5. The molecule has 1 aliphatic rings. The molecule has 0 atom stereocenters. The van der Waals surface area contributed by atoms with Gasteiger partial charge in [0.2, 0.25) is 5.91 Å². The van der Waals surface area contributed by atoms with Gasteiger partial charge in [-0.25, -0.2) is 0 Å². The first kappa shape index (κ1) is 17.5. The molecular formula is C14H18Cl2N4O. The van der Waals surface area contributed by atoms with Gasteiger partial charge >= 0.3 is 0 Å². The summed E-state index contributed by atoms with van der Waals surface area (Å²) in [7, 11) is 0. The standard InChI is InChI=1S/C14H16N4O.2ClH/c19-14(10-18-5-1-4-17-18)16-7-11-2-3-12-8-15-9-13(12)6-11;;/h1-6,15H,7-10H2,(H,16,19);2*1H. The van der Waals surface area contributed by atoms with Crippen LogP contribution in [0.5, 0.6) is 0 Å². The van der Waals surface area contributed by atoms with Crippen molar-refractivity contribution in [3.8, 4) is 0 Å². The molecular weight excluding hydrogens is 311 g/mol. The van der Waals surface area contributed by atoms with E-state index < -0.39 is 0 Å². The Morgan fingerprint density at radius 3 is 2.86 bits per heavy atom. The Morgan fingerprint density at radius 1 is 1.29 bits per heavy atom. The maximum absolute atomic E-state index is 11.7. The van der Waals surface area contributed by atoms with Crippen molar-refractivity contribution in [1.82, 2.24) is 20.4 Å². The largest absolute Gasteiger partial charge is 0.350 e. The molecule has 0 aliphatic carbocycles. The molecule has 1 aromatic heterocycles. The van der Waals surface area contributed by atoms with Crippen molar-refractivity contribution < 1.29 is 4.79 Å². The van der Waals surface area contributed by atoms with Crippen LogP contribution in [-0.4, -0.2) is 15.7 Å². The number of amides is 1. The molecule has 1 amide bonds. The highest BCUT2D eigenvalue weighted by Crippen LogP contribution is 2.16. The van der Waals surface area contributed by atoms with Gasteiger partial charge in [0.15, 0.2) is 0 Å². The quantitative estimate of drug-likeness (QED) is 0.897. The van der Waals surface area contributed by atoms with Gasteiger partial charge in [0.05, 0.1) is 0 Å². The molecule has 0 fully saturated rings. The summed E-state index contributed by atoms with van der Waals surface area (Å²) in [5, 5.41) is 10.2. The molecule has 0 unspecified atom stereocenters. The van der Waals surface area contributed by atoms with Crippen LogP contribution in [0.2, 0.25) is 0 Å². The van der Waals surface area contributed by atoms with E-state index in [1.807, 2.05) is 0 Å². The lowest BCUT2D eigenvalue weighted by atomic mass is 10.1. The van der Waals surface area contributed by atoms with E-state index in [0.29, 0.717) is 6.54 Å². The summed E-state index contributed by atoms with van der Waals surface area (Å²) in [5.74, 6) is -0.0256. The molecule has 0 bridgehead atoms. The van der Waals surface area contributed by atoms with E-state index in [9.17, 15) is 4.79 Å². The van der Waals surface area contributed by atoms with Gasteiger partial charge in [-0.3, -0.25) is 9.48 Å². The number of nitrogens with zero attached hydrogens (tertiary/aromatic N) is 2. The molecule has 2 aromatic rings. The summed E-state index contributed by atoms with van der Waals surface area (Å²) >= 11 is 0. The number of aromatic nitrogens is 2. The van der Waals surface area contributed by atoms with Crippen molar-refractivity contribution >= 4 is 30.7 Å². The third-order valence-corrected chi connectivity index (χ3v) is 3.26. The van der Waals surface area contributed by atoms with Gasteiger partial charge in [0.1, 0.15) is 6.54 Å². The van der Waals surface area contributed by atoms with Crippen molar-refractivity contribution in [2.45, 2.75) is 26.2 Å². The van der Waals surface area contributed by atoms with E-state index in [-0.39, 0.29) is 37.3 Å². The zero-order valence-electron chi connectivity index (χ0n) is 11.4. The Bertz CT molecular complexity index is 587. The monoisotopic (exact) mass is 328 g/mol. The number of carbonyl (C=O) groups excluding carboxylic acids is 1. The van der Waals surface area contributed by atoms with E-state index in [4.69, 9.17) is 0 Å². The van der Waals surface area contributed by atoms with Gasteiger partial charge in [0.25, 0.3) is 0 Å². The van der Waals surface area contributed by atoms with E-state index in [1.54, 1.807) is 23.1 Å². The molecule has 0 saturated heterocycles. The highest BCUT2D eigenvalue weighted by Gasteiger charge is 2.10. The number of carbonyl (C=O) groups is 1. The topological polar surface area (TPSA) is 59.0 Å². The minimum atomic E-state index is -0.0256. The lowest BCUT2D eigenvalue weighted by Gasteiger charge is -2.07. The fourth-order valence-electron chi connectivity index (χ4n) is 2.26. The van der Waals surface area contributed by atoms with Gasteiger partial charge in [-0.2, -0.15) is 5.10 Å². The molecule has 2 N–H and O–H groups in total. The maximum atomic E-state index is 11.7. The van der Waals surface area contributed by atoms with Crippen LogP contribution in [0.3, 0.4) is 0 Å². The van der Waals surface area contributed by atoms with Crippen LogP contribution in [0.1, 0.15) is 16.7 Å². The van der Waals surface area contributed by atoms with Crippen molar-refractivity contribution in [1.29, 1.82) is 0 Å². The molecule has 1 aliphatic heterocycles. The molecule has 2 heterocycles. The molecule has 5 nitrogen and oxygen atoms in total. The fourth-order valence-corrected chi connectivity index (χ4v) is 2.26. The smallest absolute Gasteiger partial charge is 0.241 e. The predicted molar refractivity (Wildman–Crippen MR) is 85.6 cm³/mol. The lowest BCUT2D eigenvalue weighted by molar-refractivity contribution is -0.122. The van der Waals surface area contributed by atoms with Crippen LogP contribution >= 0.6 is 24.8 Å². The second-order valence-electron chi connectivity index (χ2n) is 4.69. The normalized spacial score (nSPS) is 12.0. The summed E-state index contributed by atoms with van der Waals surface area (Å²) in [6, 6.07) is 8.16. The van der Waals surface area contributed by atoms with E-state index in [0.717, 1.165) is 18.7 Å². The van der Waals surface area contributed by atoms with Gasteiger partial charge < -0.3 is 10.6 Å². The predicted octanol–water partition coefficient (Wildman–Crippen LogP) is 1.65. The lowest BCUT2D eigenvalue weighted by Crippen LogP contribution is -2.27. The molecule has 21 heavy (non-hydrogen) atoms. The van der Waals surface area contributed by atoms with Crippen LogP contribution in [0, 0.1) is 0 Å². The van der Waals surface area contributed by atoms with E-state index in [1.165, 1.54) is 11.1 Å². The van der Waals surface area contributed by atoms with E-state index in [2.05, 4.69) is 33.9 Å². The summed E-state index contributed by atoms with van der Waals surface area (Å²) in [6.45, 7) is 2.69. The number of halogens is 2. The first-order valence-electron chi connectivity index (χ1n) is 6.37. The molecule has 0 spiro atoms. The fraction of sp³-hybridized carbons (Fsp3) is 0.286. The summed E-state index contributed by atoms with van der Waals surface area (Å²) in [4.78, 5) is 11.7. The van der Waals surface area contributed by atoms with Crippen molar-refractivity contribution in [3.63, 3.8) is 0 Å². The third kappa shape index (κ3) is 4.46. The maximum Gasteiger partial charge on any atom is 0.241 e. The summed E-state index contributed by atoms with van der Waals surface area (Å²) in [6.07, 6.45) is 3.45. The average Bonchev–Trinajstić information content (AvgIpc) is 3.06. The molecule has 0 saturated carbocycles. The first-order valence-corrected chi connectivity index (χ1v) is 6.37. The van der Waals surface area contributed by atoms with Crippen molar-refractivity contribution in [3.05, 3.63) is 53.3 Å². The summed E-state index contributed by atoms with van der Waals surface area (Å²) in [5.41, 5.74) is 3.82. The van der Waals surface area contributed by atoms with Gasteiger partial charge in [-0.05, 0) is 22.8 Å². The first-order chi connectivity index (χ1) is 9.31. The zero-order chi connectivity index (χ0) is 13.1. The Morgan fingerprint density at radius 2 is 2.10 bits per heavy atom. The van der Waals surface area contributed by atoms with Crippen LogP contribution in [0.25, 0.3) is 0 Å². The minimum Gasteiger partial charge on any atom is -0.350 e. The Labute approximate surface area is 135 Å². The number of benzene rings is 1.